The van der Waals surface area contributed by atoms with Crippen LogP contribution in [-0.4, -0.2) is 99.4 Å². The van der Waals surface area contributed by atoms with E-state index in [1.807, 2.05) is 95.1 Å². The fourth-order valence-electron chi connectivity index (χ4n) is 7.41. The molecule has 0 spiro atoms. The molecular weight excluding hydrogens is 897 g/mol. The number of rotatable bonds is 16. The molecule has 0 saturated carbocycles. The summed E-state index contributed by atoms with van der Waals surface area (Å²) < 4.78 is 68.5. The summed E-state index contributed by atoms with van der Waals surface area (Å²) in [7, 11) is -4.36. The summed E-state index contributed by atoms with van der Waals surface area (Å²) in [5.41, 5.74) is 2.99. The number of anilines is 4. The van der Waals surface area contributed by atoms with Gasteiger partial charge in [0, 0.05) is 62.8 Å². The molecule has 0 radical (unpaired) electrons. The summed E-state index contributed by atoms with van der Waals surface area (Å²) in [6.45, 7) is 5.24. The van der Waals surface area contributed by atoms with Gasteiger partial charge in [0.25, 0.3) is 0 Å². The fraction of sp³-hybridized carbons (Fsp3) is 0.348. The Balaban J connectivity index is 0.000000241. The largest absolute Gasteiger partial charge is 0.478 e. The normalized spacial score (nSPS) is 18.3. The number of thioether (sulfide) groups is 2. The summed E-state index contributed by atoms with van der Waals surface area (Å²) in [6.07, 6.45) is 12.9. The molecular formula is C46H56N4O10S4. The Bertz CT molecular complexity index is 2350. The number of hydrogen-bond acceptors (Lipinski definition) is 12. The summed E-state index contributed by atoms with van der Waals surface area (Å²) in [5.74, 6) is -1.70. The molecule has 2 heterocycles. The molecule has 64 heavy (non-hydrogen) atoms. The van der Waals surface area contributed by atoms with Crippen molar-refractivity contribution in [2.45, 2.75) is 84.0 Å². The van der Waals surface area contributed by atoms with E-state index in [9.17, 15) is 26.4 Å². The van der Waals surface area contributed by atoms with Gasteiger partial charge in [-0.3, -0.25) is 0 Å². The van der Waals surface area contributed by atoms with E-state index in [1.165, 1.54) is 44.3 Å². The highest BCUT2D eigenvalue weighted by Crippen LogP contribution is 2.45. The van der Waals surface area contributed by atoms with E-state index in [1.54, 1.807) is 14.1 Å². The zero-order chi connectivity index (χ0) is 46.6. The number of carboxylic acid groups (broad SMARTS) is 2. The van der Waals surface area contributed by atoms with Gasteiger partial charge in [0.05, 0.1) is 45.8 Å². The van der Waals surface area contributed by atoms with Gasteiger partial charge in [-0.1, -0.05) is 75.9 Å². The van der Waals surface area contributed by atoms with Crippen LogP contribution in [-0.2, 0) is 29.6 Å². The molecule has 2 aliphatic heterocycles. The van der Waals surface area contributed by atoms with E-state index in [0.29, 0.717) is 45.8 Å². The number of likely N-dealkylation sites (N-methyl/N-ethyl adjacent to an activating group) is 2. The number of fused-ring (bicyclic) bond motifs is 2. The number of unbranched alkanes of at least 4 members (excludes halogenated alkanes) is 2. The highest BCUT2D eigenvalue weighted by atomic mass is 32.2. The molecule has 4 aromatic rings. The number of carboxylic acids is 2. The van der Waals surface area contributed by atoms with Crippen LogP contribution in [0.3, 0.4) is 0 Å². The second-order valence-electron chi connectivity index (χ2n) is 15.0. The van der Waals surface area contributed by atoms with Gasteiger partial charge >= 0.3 is 11.9 Å². The molecule has 6 rings (SSSR count). The van der Waals surface area contributed by atoms with E-state index in [2.05, 4.69) is 13.8 Å². The van der Waals surface area contributed by atoms with Gasteiger partial charge in [0.2, 0.25) is 20.0 Å². The highest BCUT2D eigenvalue weighted by Gasteiger charge is 2.39. The van der Waals surface area contributed by atoms with Gasteiger partial charge in [-0.05, 0) is 61.8 Å². The topological polar surface area (TPSA) is 174 Å². The van der Waals surface area contributed by atoms with Crippen LogP contribution in [0.4, 0.5) is 22.7 Å². The number of hydrogen-bond donors (Lipinski definition) is 2. The van der Waals surface area contributed by atoms with Gasteiger partial charge in [0.15, 0.2) is 0 Å². The van der Waals surface area contributed by atoms with Crippen LogP contribution >= 0.6 is 23.5 Å². The molecule has 0 fully saturated rings. The Morgan fingerprint density at radius 3 is 1.31 bits per heavy atom. The van der Waals surface area contributed by atoms with E-state index in [-0.39, 0.29) is 21.9 Å². The van der Waals surface area contributed by atoms with Gasteiger partial charge in [-0.2, -0.15) is 8.61 Å². The van der Waals surface area contributed by atoms with Gasteiger partial charge in [-0.15, -0.1) is 23.5 Å². The fourth-order valence-corrected chi connectivity index (χ4v) is 11.6. The summed E-state index contributed by atoms with van der Waals surface area (Å²) >= 11 is 2.81. The molecule has 14 nitrogen and oxygen atoms in total. The van der Waals surface area contributed by atoms with Gasteiger partial charge in [0.1, 0.15) is 21.3 Å². The SMILES string of the molecule is CCCC[C@@H]1CN(c2ccccc2)c2cc(SC)c(O/C=C/C(=O)O)cc2S(=O)(=O)N1C.CCCC[C@H]1CN(c2ccccc2)c2cc(SC)c(O/C=C/C(=O)O)cc2S(=O)(=O)N1C. The molecule has 0 bridgehead atoms. The lowest BCUT2D eigenvalue weighted by atomic mass is 10.1. The molecule has 0 unspecified atom stereocenters. The maximum absolute atomic E-state index is 13.6. The van der Waals surface area contributed by atoms with Crippen molar-refractivity contribution in [3.8, 4) is 11.5 Å². The minimum absolute atomic E-state index is 0.138. The second-order valence-corrected chi connectivity index (χ2v) is 20.6. The third-order valence-corrected chi connectivity index (χ3v) is 16.3. The smallest absolute Gasteiger partial charge is 0.331 e. The Morgan fingerprint density at radius 1 is 0.641 bits per heavy atom. The predicted octanol–water partition coefficient (Wildman–Crippen LogP) is 9.43. The number of carbonyl (C=O) groups is 2. The predicted molar refractivity (Wildman–Crippen MR) is 255 cm³/mol. The minimum Gasteiger partial charge on any atom is -0.478 e. The molecule has 0 aliphatic carbocycles. The first-order valence-corrected chi connectivity index (χ1v) is 26.1. The zero-order valence-corrected chi connectivity index (χ0v) is 40.1. The van der Waals surface area contributed by atoms with Crippen molar-refractivity contribution in [1.82, 2.24) is 8.61 Å². The van der Waals surface area contributed by atoms with Gasteiger partial charge < -0.3 is 29.5 Å². The number of benzene rings is 4. The average molecular weight is 953 g/mol. The highest BCUT2D eigenvalue weighted by molar-refractivity contribution is 7.99. The van der Waals surface area contributed by atoms with Crippen LogP contribution in [0, 0.1) is 0 Å². The third-order valence-electron chi connectivity index (χ3n) is 10.9. The lowest BCUT2D eigenvalue weighted by Gasteiger charge is -2.29. The Kier molecular flexibility index (Phi) is 17.8. The minimum atomic E-state index is -3.80. The summed E-state index contributed by atoms with van der Waals surface area (Å²) in [4.78, 5) is 27.4. The van der Waals surface area contributed by atoms with Gasteiger partial charge in [-0.25, -0.2) is 26.4 Å². The first-order chi connectivity index (χ1) is 30.6. The third kappa shape index (κ3) is 11.8. The Morgan fingerprint density at radius 2 is 1.00 bits per heavy atom. The van der Waals surface area contributed by atoms with E-state index in [4.69, 9.17) is 19.7 Å². The molecule has 2 N–H and O–H groups in total. The number of nitrogens with zero attached hydrogens (tertiary/aromatic N) is 4. The van der Waals surface area contributed by atoms with Crippen LogP contribution in [0.2, 0.25) is 0 Å². The molecule has 0 aromatic heterocycles. The van der Waals surface area contributed by atoms with Crippen molar-refractivity contribution >= 4 is 78.3 Å². The number of ether oxygens (including phenoxy) is 2. The molecule has 344 valence electrons. The molecule has 2 atom stereocenters. The van der Waals surface area contributed by atoms with Crippen molar-refractivity contribution in [2.75, 3.05) is 49.5 Å². The maximum atomic E-state index is 13.6. The van der Waals surface area contributed by atoms with Crippen molar-refractivity contribution in [1.29, 1.82) is 0 Å². The van der Waals surface area contributed by atoms with Crippen LogP contribution in [0.25, 0.3) is 0 Å². The molecule has 4 aromatic carbocycles. The molecule has 0 saturated heterocycles. The second kappa shape index (κ2) is 22.8. The first kappa shape index (κ1) is 50.0. The van der Waals surface area contributed by atoms with E-state index < -0.39 is 32.0 Å². The lowest BCUT2D eigenvalue weighted by molar-refractivity contribution is -0.132. The van der Waals surface area contributed by atoms with Crippen molar-refractivity contribution < 1.29 is 46.1 Å². The quantitative estimate of drug-likeness (QED) is 0.0617. The monoisotopic (exact) mass is 952 g/mol. The van der Waals surface area contributed by atoms with Crippen LogP contribution in [0.5, 0.6) is 11.5 Å². The first-order valence-electron chi connectivity index (χ1n) is 20.8. The number of sulfonamides is 2. The molecule has 0 amide bonds. The lowest BCUT2D eigenvalue weighted by Crippen LogP contribution is -2.40. The van der Waals surface area contributed by atoms with Crippen molar-refractivity contribution in [3.63, 3.8) is 0 Å². The van der Waals surface area contributed by atoms with Crippen LogP contribution < -0.4 is 19.3 Å². The molecule has 18 heteroatoms. The van der Waals surface area contributed by atoms with Crippen LogP contribution in [0.1, 0.15) is 52.4 Å². The Hall–Kier alpha value is -4.98. The average Bonchev–Trinajstić information content (AvgIpc) is 3.41. The summed E-state index contributed by atoms with van der Waals surface area (Å²) in [6, 6.07) is 25.7. The van der Waals surface area contributed by atoms with E-state index >= 15 is 0 Å². The molecule has 2 aliphatic rings. The van der Waals surface area contributed by atoms with Crippen LogP contribution in [0.15, 0.2) is 129 Å². The van der Waals surface area contributed by atoms with Crippen molar-refractivity contribution in [3.05, 3.63) is 110 Å². The standard InChI is InChI=1S/2C23H28N2O5S2/c2*1-4-5-9-18-16-25(17-10-7-6-8-11-17)19-14-21(31-3)20(30-13-12-23(26)27)15-22(19)32(28,29)24(18)2/h2*6-8,10-15,18H,4-5,9,16H2,1-3H3,(H,26,27)/b2*13-12+/t2*18-/m10/s1. The maximum Gasteiger partial charge on any atom is 0.331 e. The van der Waals surface area contributed by atoms with E-state index in [0.717, 1.165) is 74.6 Å². The number of aliphatic carboxylic acids is 2. The summed E-state index contributed by atoms with van der Waals surface area (Å²) in [5, 5.41) is 17.7. The number of para-hydroxylation sites is 2. The zero-order valence-electron chi connectivity index (χ0n) is 36.8. The van der Waals surface area contributed by atoms with Crippen molar-refractivity contribution in [2.24, 2.45) is 0 Å². The Labute approximate surface area is 385 Å².